The van der Waals surface area contributed by atoms with Crippen LogP contribution in [0, 0.1) is 3.57 Å². The molecule has 1 aromatic carbocycles. The molecular weight excluding hydrogens is 526 g/mol. The predicted octanol–water partition coefficient (Wildman–Crippen LogP) is 5.14. The second kappa shape index (κ2) is 9.90. The Morgan fingerprint density at radius 3 is 2.67 bits per heavy atom. The van der Waals surface area contributed by atoms with E-state index in [1.54, 1.807) is 0 Å². The monoisotopic (exact) mass is 542 g/mol. The molecule has 1 N–H and O–H groups in total. The molecule has 0 atom stereocenters. The van der Waals surface area contributed by atoms with Gasteiger partial charge in [-0.15, -0.1) is 0 Å². The summed E-state index contributed by atoms with van der Waals surface area (Å²) in [6.07, 6.45) is 4.15. The molecule has 27 heavy (non-hydrogen) atoms. The highest BCUT2D eigenvalue weighted by Crippen LogP contribution is 2.27. The number of carbonyl (C=O) groups excluding carboxylic acids is 1. The molecule has 0 unspecified atom stereocenters. The summed E-state index contributed by atoms with van der Waals surface area (Å²) in [5, 5.41) is 0.301. The Morgan fingerprint density at radius 1 is 1.26 bits per heavy atom. The van der Waals surface area contributed by atoms with E-state index in [2.05, 4.69) is 16.6 Å². The van der Waals surface area contributed by atoms with Gasteiger partial charge >= 0.3 is 5.97 Å². The van der Waals surface area contributed by atoms with Crippen molar-refractivity contribution < 1.29 is 17.9 Å². The zero-order valence-electron chi connectivity index (χ0n) is 14.3. The molecule has 0 saturated carbocycles. The van der Waals surface area contributed by atoms with Gasteiger partial charge < -0.3 is 4.74 Å². The summed E-state index contributed by atoms with van der Waals surface area (Å²) >= 11 is 13.7. The Morgan fingerprint density at radius 2 is 2.00 bits per heavy atom. The average Bonchev–Trinajstić information content (AvgIpc) is 2.59. The first-order chi connectivity index (χ1) is 12.7. The molecule has 0 amide bonds. The van der Waals surface area contributed by atoms with Crippen molar-refractivity contribution in [3.8, 4) is 0 Å². The molecule has 0 aliphatic heterocycles. The van der Waals surface area contributed by atoms with E-state index < -0.39 is 16.0 Å². The lowest BCUT2D eigenvalue weighted by Crippen LogP contribution is -2.16. The minimum atomic E-state index is -4.00. The predicted molar refractivity (Wildman–Crippen MR) is 114 cm³/mol. The summed E-state index contributed by atoms with van der Waals surface area (Å²) in [6, 6.07) is 5.38. The summed E-state index contributed by atoms with van der Waals surface area (Å²) in [6.45, 7) is 2.37. The van der Waals surface area contributed by atoms with E-state index in [1.165, 1.54) is 30.5 Å². The smallest absolute Gasteiger partial charge is 0.339 e. The quantitative estimate of drug-likeness (QED) is 0.283. The number of ether oxygens (including phenoxy) is 1. The van der Waals surface area contributed by atoms with Crippen LogP contribution in [0.1, 0.15) is 36.5 Å². The molecule has 10 heteroatoms. The molecule has 2 aromatic rings. The summed E-state index contributed by atoms with van der Waals surface area (Å²) in [4.78, 5) is 16.1. The average molecular weight is 543 g/mol. The lowest BCUT2D eigenvalue weighted by Gasteiger charge is -2.11. The fraction of sp³-hybridized carbons (Fsp3) is 0.294. The Kier molecular flexibility index (Phi) is 8.14. The highest BCUT2D eigenvalue weighted by Gasteiger charge is 2.21. The van der Waals surface area contributed by atoms with Crippen molar-refractivity contribution in [2.24, 2.45) is 0 Å². The van der Waals surface area contributed by atoms with Crippen molar-refractivity contribution in [3.05, 3.63) is 49.6 Å². The number of hydrogen-bond donors (Lipinski definition) is 1. The molecule has 0 aliphatic carbocycles. The SMILES string of the molecule is CCCCCOC(=O)c1cc(NS(=O)(=O)c2ccc(Cl)cc2Cl)ncc1I. The van der Waals surface area contributed by atoms with Gasteiger partial charge in [0.05, 0.1) is 17.2 Å². The molecule has 0 fully saturated rings. The van der Waals surface area contributed by atoms with E-state index in [0.717, 1.165) is 19.3 Å². The van der Waals surface area contributed by atoms with Crippen LogP contribution in [0.2, 0.25) is 10.0 Å². The normalized spacial score (nSPS) is 11.3. The number of sulfonamides is 1. The molecule has 146 valence electrons. The van der Waals surface area contributed by atoms with Gasteiger partial charge in [-0.3, -0.25) is 4.72 Å². The number of halogens is 3. The number of aromatic nitrogens is 1. The number of nitrogens with one attached hydrogen (secondary N) is 1. The van der Waals surface area contributed by atoms with Crippen molar-refractivity contribution in [1.29, 1.82) is 0 Å². The molecule has 0 spiro atoms. The maximum absolute atomic E-state index is 12.5. The third-order valence-corrected chi connectivity index (χ3v) is 6.41. The number of nitrogens with zero attached hydrogens (tertiary/aromatic N) is 1. The largest absolute Gasteiger partial charge is 0.462 e. The number of benzene rings is 1. The number of rotatable bonds is 8. The molecule has 1 heterocycles. The van der Waals surface area contributed by atoms with Crippen LogP contribution in [0.3, 0.4) is 0 Å². The van der Waals surface area contributed by atoms with Crippen molar-refractivity contribution >= 4 is 67.6 Å². The molecule has 0 saturated heterocycles. The first kappa shape index (κ1) is 22.2. The number of carbonyl (C=O) groups is 1. The molecule has 0 aliphatic rings. The molecule has 1 aromatic heterocycles. The zero-order chi connectivity index (χ0) is 20.0. The van der Waals surface area contributed by atoms with Gasteiger partial charge in [0.2, 0.25) is 0 Å². The van der Waals surface area contributed by atoms with Gasteiger partial charge in [0.15, 0.2) is 0 Å². The summed E-state index contributed by atoms with van der Waals surface area (Å²) in [5.41, 5.74) is 0.238. The number of pyridine rings is 1. The van der Waals surface area contributed by atoms with Gasteiger partial charge in [0.1, 0.15) is 10.7 Å². The Bertz CT molecular complexity index is 939. The molecule has 0 radical (unpaired) electrons. The number of unbranched alkanes of at least 4 members (excludes halogenated alkanes) is 2. The number of anilines is 1. The van der Waals surface area contributed by atoms with Crippen LogP contribution in [-0.4, -0.2) is 26.0 Å². The van der Waals surface area contributed by atoms with E-state index >= 15 is 0 Å². The molecule has 0 bridgehead atoms. The van der Waals surface area contributed by atoms with Crippen molar-refractivity contribution in [1.82, 2.24) is 4.98 Å². The van der Waals surface area contributed by atoms with E-state index in [1.807, 2.05) is 22.6 Å². The fourth-order valence-electron chi connectivity index (χ4n) is 2.13. The van der Waals surface area contributed by atoms with Gasteiger partial charge in [0, 0.05) is 14.8 Å². The Labute approximate surface area is 181 Å². The van der Waals surface area contributed by atoms with Gasteiger partial charge in [-0.25, -0.2) is 18.2 Å². The van der Waals surface area contributed by atoms with Crippen molar-refractivity contribution in [2.45, 2.75) is 31.1 Å². The Hall–Kier alpha value is -1.10. The highest BCUT2D eigenvalue weighted by molar-refractivity contribution is 14.1. The minimum Gasteiger partial charge on any atom is -0.462 e. The maximum atomic E-state index is 12.5. The van der Waals surface area contributed by atoms with Crippen LogP contribution in [0.25, 0.3) is 0 Å². The molecule has 2 rings (SSSR count). The number of hydrogen-bond acceptors (Lipinski definition) is 5. The molecule has 6 nitrogen and oxygen atoms in total. The van der Waals surface area contributed by atoms with E-state index in [9.17, 15) is 13.2 Å². The Balaban J connectivity index is 2.20. The van der Waals surface area contributed by atoms with Gasteiger partial charge in [-0.1, -0.05) is 43.0 Å². The van der Waals surface area contributed by atoms with Crippen LogP contribution in [-0.2, 0) is 14.8 Å². The lowest BCUT2D eigenvalue weighted by molar-refractivity contribution is 0.0497. The van der Waals surface area contributed by atoms with Crippen LogP contribution < -0.4 is 4.72 Å². The van der Waals surface area contributed by atoms with Gasteiger partial charge in [-0.05, 0) is 53.3 Å². The second-order valence-electron chi connectivity index (χ2n) is 5.57. The summed E-state index contributed by atoms with van der Waals surface area (Å²) in [5.74, 6) is -0.537. The standard InChI is InChI=1S/C17H17Cl2IN2O4S/c1-2-3-4-7-26-17(23)12-9-16(21-10-14(12)20)22-27(24,25)15-6-5-11(18)8-13(15)19/h5-6,8-10H,2-4,7H2,1H3,(H,21,22). The van der Waals surface area contributed by atoms with E-state index in [0.29, 0.717) is 15.2 Å². The van der Waals surface area contributed by atoms with E-state index in [4.69, 9.17) is 27.9 Å². The topological polar surface area (TPSA) is 85.4 Å². The van der Waals surface area contributed by atoms with Gasteiger partial charge in [0.25, 0.3) is 10.0 Å². The van der Waals surface area contributed by atoms with Gasteiger partial charge in [-0.2, -0.15) is 0 Å². The first-order valence-corrected chi connectivity index (χ1v) is 11.4. The third kappa shape index (κ3) is 6.20. The van der Waals surface area contributed by atoms with Crippen LogP contribution in [0.15, 0.2) is 35.4 Å². The second-order valence-corrected chi connectivity index (χ2v) is 9.23. The van der Waals surface area contributed by atoms with Crippen LogP contribution in [0.4, 0.5) is 5.82 Å². The zero-order valence-corrected chi connectivity index (χ0v) is 18.8. The van der Waals surface area contributed by atoms with Crippen LogP contribution in [0.5, 0.6) is 0 Å². The highest BCUT2D eigenvalue weighted by atomic mass is 127. The van der Waals surface area contributed by atoms with E-state index in [-0.39, 0.29) is 21.3 Å². The fourth-order valence-corrected chi connectivity index (χ4v) is 4.42. The van der Waals surface area contributed by atoms with Crippen molar-refractivity contribution in [3.63, 3.8) is 0 Å². The lowest BCUT2D eigenvalue weighted by atomic mass is 10.2. The maximum Gasteiger partial charge on any atom is 0.339 e. The summed E-state index contributed by atoms with van der Waals surface area (Å²) in [7, 11) is -4.00. The third-order valence-electron chi connectivity index (χ3n) is 3.48. The summed E-state index contributed by atoms with van der Waals surface area (Å²) < 4.78 is 33.2. The minimum absolute atomic E-state index is 0.0121. The van der Waals surface area contributed by atoms with Crippen LogP contribution >= 0.6 is 45.8 Å². The van der Waals surface area contributed by atoms with Crippen molar-refractivity contribution in [2.75, 3.05) is 11.3 Å². The first-order valence-electron chi connectivity index (χ1n) is 8.05. The molecular formula is C17H17Cl2IN2O4S. The number of esters is 1.